The number of benzene rings is 1. The van der Waals surface area contributed by atoms with Crippen LogP contribution in [0.15, 0.2) is 24.3 Å². The molecule has 1 aliphatic heterocycles. The molecule has 1 aliphatic rings. The van der Waals surface area contributed by atoms with E-state index in [1.165, 1.54) is 12.1 Å². The van der Waals surface area contributed by atoms with E-state index in [1.54, 1.807) is 6.07 Å². The molecular weight excluding hydrogens is 215 g/mol. The monoisotopic (exact) mass is 232 g/mol. The van der Waals surface area contributed by atoms with E-state index in [9.17, 15) is 9.65 Å². The van der Waals surface area contributed by atoms with Crippen molar-refractivity contribution in [2.45, 2.75) is 32.2 Å². The van der Waals surface area contributed by atoms with Gasteiger partial charge in [-0.1, -0.05) is 12.1 Å². The van der Waals surface area contributed by atoms with Crippen molar-refractivity contribution in [1.82, 2.24) is 5.32 Å². The highest BCUT2D eigenvalue weighted by Crippen LogP contribution is 2.34. The van der Waals surface area contributed by atoms with Crippen molar-refractivity contribution in [2.24, 2.45) is 5.41 Å². The maximum absolute atomic E-state index is 13.1. The Morgan fingerprint density at radius 1 is 1.59 bits per heavy atom. The Kier molecular flexibility index (Phi) is 3.44. The summed E-state index contributed by atoms with van der Waals surface area (Å²) in [6.07, 6.45) is 2.32. The van der Waals surface area contributed by atoms with Gasteiger partial charge in [0, 0.05) is 6.04 Å². The zero-order valence-corrected chi connectivity index (χ0v) is 10.0. The zero-order valence-electron chi connectivity index (χ0n) is 10.0. The Balaban J connectivity index is 2.17. The van der Waals surface area contributed by atoms with Gasteiger partial charge in [0.05, 0.1) is 11.5 Å². The second-order valence-corrected chi connectivity index (χ2v) is 5.01. The van der Waals surface area contributed by atoms with Gasteiger partial charge in [0.2, 0.25) is 0 Å². The van der Waals surface area contributed by atoms with Gasteiger partial charge in [-0.2, -0.15) is 5.26 Å². The van der Waals surface area contributed by atoms with E-state index < -0.39 is 0 Å². The van der Waals surface area contributed by atoms with E-state index in [0.29, 0.717) is 12.5 Å². The van der Waals surface area contributed by atoms with Crippen LogP contribution in [0.2, 0.25) is 0 Å². The molecule has 17 heavy (non-hydrogen) atoms. The van der Waals surface area contributed by atoms with E-state index in [4.69, 9.17) is 0 Å². The summed E-state index contributed by atoms with van der Waals surface area (Å²) < 4.78 is 13.1. The number of piperidine rings is 1. The van der Waals surface area contributed by atoms with E-state index in [1.807, 2.05) is 6.07 Å². The standard InChI is InChI=1S/C14H17FN2/c1-11-8-14(10-16,5-6-17-11)9-12-3-2-4-13(15)7-12/h2-4,7,11,17H,5-6,8-9H2,1H3/t11-,14-/m0/s1. The Hall–Kier alpha value is -1.40. The highest BCUT2D eigenvalue weighted by Gasteiger charge is 2.35. The van der Waals surface area contributed by atoms with Crippen molar-refractivity contribution in [3.05, 3.63) is 35.6 Å². The summed E-state index contributed by atoms with van der Waals surface area (Å²) in [6.45, 7) is 2.96. The van der Waals surface area contributed by atoms with Crippen LogP contribution in [0.3, 0.4) is 0 Å². The third kappa shape index (κ3) is 2.83. The summed E-state index contributed by atoms with van der Waals surface area (Å²) in [5, 5.41) is 12.8. The third-order valence-electron chi connectivity index (χ3n) is 3.46. The second-order valence-electron chi connectivity index (χ2n) is 5.01. The van der Waals surface area contributed by atoms with Crippen LogP contribution in [0.4, 0.5) is 4.39 Å². The SMILES string of the molecule is C[C@H]1C[C@](C#N)(Cc2cccc(F)c2)CCN1. The number of nitriles is 1. The first-order chi connectivity index (χ1) is 8.13. The molecule has 2 nitrogen and oxygen atoms in total. The summed E-state index contributed by atoms with van der Waals surface area (Å²) in [5.41, 5.74) is 0.582. The van der Waals surface area contributed by atoms with Crippen LogP contribution in [0, 0.1) is 22.6 Å². The van der Waals surface area contributed by atoms with Gasteiger partial charge in [0.25, 0.3) is 0 Å². The van der Waals surface area contributed by atoms with Gasteiger partial charge in [0.15, 0.2) is 0 Å². The molecule has 90 valence electrons. The van der Waals surface area contributed by atoms with Crippen molar-refractivity contribution in [3.63, 3.8) is 0 Å². The first kappa shape index (κ1) is 12.1. The molecule has 0 aromatic heterocycles. The molecule has 3 heteroatoms. The van der Waals surface area contributed by atoms with Crippen LogP contribution >= 0.6 is 0 Å². The molecule has 0 amide bonds. The molecule has 0 unspecified atom stereocenters. The number of nitrogens with zero attached hydrogens (tertiary/aromatic N) is 1. The van der Waals surface area contributed by atoms with Gasteiger partial charge < -0.3 is 5.32 Å². The smallest absolute Gasteiger partial charge is 0.123 e. The fourth-order valence-corrected chi connectivity index (χ4v) is 2.66. The number of nitrogens with one attached hydrogen (secondary N) is 1. The van der Waals surface area contributed by atoms with Gasteiger partial charge in [-0.3, -0.25) is 0 Å². The molecule has 1 aromatic rings. The first-order valence-corrected chi connectivity index (χ1v) is 6.03. The number of hydrogen-bond acceptors (Lipinski definition) is 2. The van der Waals surface area contributed by atoms with E-state index in [2.05, 4.69) is 18.3 Å². The van der Waals surface area contributed by atoms with E-state index in [0.717, 1.165) is 24.9 Å². The molecule has 0 radical (unpaired) electrons. The van der Waals surface area contributed by atoms with E-state index in [-0.39, 0.29) is 11.2 Å². The highest BCUT2D eigenvalue weighted by atomic mass is 19.1. The summed E-state index contributed by atoms with van der Waals surface area (Å²) in [6, 6.07) is 9.39. The Labute approximate surface area is 101 Å². The largest absolute Gasteiger partial charge is 0.314 e. The number of rotatable bonds is 2. The van der Waals surface area contributed by atoms with Gasteiger partial charge in [-0.05, 0) is 50.4 Å². The quantitative estimate of drug-likeness (QED) is 0.851. The lowest BCUT2D eigenvalue weighted by atomic mass is 9.73. The molecular formula is C14H17FN2. The lowest BCUT2D eigenvalue weighted by Crippen LogP contribution is -2.42. The van der Waals surface area contributed by atoms with Crippen LogP contribution in [-0.2, 0) is 6.42 Å². The summed E-state index contributed by atoms with van der Waals surface area (Å²) >= 11 is 0. The Morgan fingerprint density at radius 2 is 2.41 bits per heavy atom. The maximum Gasteiger partial charge on any atom is 0.123 e. The molecule has 0 aliphatic carbocycles. The Bertz CT molecular complexity index is 438. The summed E-state index contributed by atoms with van der Waals surface area (Å²) in [5.74, 6) is -0.224. The van der Waals surface area contributed by atoms with Crippen molar-refractivity contribution in [3.8, 4) is 6.07 Å². The molecule has 2 rings (SSSR count). The van der Waals surface area contributed by atoms with Crippen LogP contribution < -0.4 is 5.32 Å². The van der Waals surface area contributed by atoms with Gasteiger partial charge in [-0.25, -0.2) is 4.39 Å². The molecule has 1 aromatic carbocycles. The molecule has 0 bridgehead atoms. The van der Waals surface area contributed by atoms with Gasteiger partial charge >= 0.3 is 0 Å². The summed E-state index contributed by atoms with van der Waals surface area (Å²) in [7, 11) is 0. The molecule has 2 atom stereocenters. The van der Waals surface area contributed by atoms with Crippen molar-refractivity contribution in [1.29, 1.82) is 5.26 Å². The average molecular weight is 232 g/mol. The predicted octanol–water partition coefficient (Wildman–Crippen LogP) is 2.65. The second kappa shape index (κ2) is 4.85. The molecule has 0 spiro atoms. The van der Waals surface area contributed by atoms with Gasteiger partial charge in [-0.15, -0.1) is 0 Å². The number of halogens is 1. The molecule has 1 saturated heterocycles. The summed E-state index contributed by atoms with van der Waals surface area (Å²) in [4.78, 5) is 0. The minimum absolute atomic E-state index is 0.224. The highest BCUT2D eigenvalue weighted by molar-refractivity contribution is 5.21. The zero-order chi connectivity index (χ0) is 12.3. The minimum Gasteiger partial charge on any atom is -0.314 e. The first-order valence-electron chi connectivity index (χ1n) is 6.03. The van der Waals surface area contributed by atoms with Crippen molar-refractivity contribution in [2.75, 3.05) is 6.54 Å². The third-order valence-corrected chi connectivity index (χ3v) is 3.46. The minimum atomic E-state index is -0.335. The topological polar surface area (TPSA) is 35.8 Å². The maximum atomic E-state index is 13.1. The molecule has 1 heterocycles. The van der Waals surface area contributed by atoms with Crippen LogP contribution in [0.25, 0.3) is 0 Å². The predicted molar refractivity (Wildman–Crippen MR) is 64.8 cm³/mol. The molecule has 1 fully saturated rings. The van der Waals surface area contributed by atoms with E-state index >= 15 is 0 Å². The molecule has 0 saturated carbocycles. The van der Waals surface area contributed by atoms with Crippen molar-refractivity contribution < 1.29 is 4.39 Å². The Morgan fingerprint density at radius 3 is 3.06 bits per heavy atom. The van der Waals surface area contributed by atoms with Crippen LogP contribution in [0.5, 0.6) is 0 Å². The lowest BCUT2D eigenvalue weighted by molar-refractivity contribution is 0.237. The lowest BCUT2D eigenvalue weighted by Gasteiger charge is -2.35. The molecule has 1 N–H and O–H groups in total. The fraction of sp³-hybridized carbons (Fsp3) is 0.500. The number of hydrogen-bond donors (Lipinski definition) is 1. The average Bonchev–Trinajstić information content (AvgIpc) is 2.29. The van der Waals surface area contributed by atoms with Crippen LogP contribution in [-0.4, -0.2) is 12.6 Å². The fourth-order valence-electron chi connectivity index (χ4n) is 2.66. The normalized spacial score (nSPS) is 28.6. The van der Waals surface area contributed by atoms with Crippen LogP contribution in [0.1, 0.15) is 25.3 Å². The van der Waals surface area contributed by atoms with Gasteiger partial charge in [0.1, 0.15) is 5.82 Å². The van der Waals surface area contributed by atoms with Crippen molar-refractivity contribution >= 4 is 0 Å².